The summed E-state index contributed by atoms with van der Waals surface area (Å²) in [5.74, 6) is 0.938. The molecule has 4 nitrogen and oxygen atoms in total. The van der Waals surface area contributed by atoms with Crippen molar-refractivity contribution in [3.63, 3.8) is 0 Å². The first-order chi connectivity index (χ1) is 11.5. The molecule has 0 fully saturated rings. The summed E-state index contributed by atoms with van der Waals surface area (Å²) in [7, 11) is 5.47. The van der Waals surface area contributed by atoms with Crippen LogP contribution in [0.1, 0.15) is 16.7 Å². The molecule has 24 heavy (non-hydrogen) atoms. The molecule has 2 rings (SSSR count). The van der Waals surface area contributed by atoms with Crippen molar-refractivity contribution in [3.8, 4) is 5.75 Å². The molecule has 0 aliphatic rings. The quantitative estimate of drug-likeness (QED) is 0.784. The Morgan fingerprint density at radius 1 is 1.00 bits per heavy atom. The molecule has 0 aliphatic carbocycles. The van der Waals surface area contributed by atoms with Crippen molar-refractivity contribution in [3.05, 3.63) is 65.2 Å². The Morgan fingerprint density at radius 2 is 1.67 bits per heavy atom. The summed E-state index contributed by atoms with van der Waals surface area (Å²) in [6.45, 7) is 3.87. The number of likely N-dealkylation sites (N-methyl/N-ethyl adjacent to an activating group) is 2. The average molecular weight is 326 g/mol. The van der Waals surface area contributed by atoms with Crippen LogP contribution in [0.5, 0.6) is 5.75 Å². The lowest BCUT2D eigenvalue weighted by molar-refractivity contribution is -0.131. The Hall–Kier alpha value is -2.33. The van der Waals surface area contributed by atoms with E-state index in [0.29, 0.717) is 13.1 Å². The fourth-order valence-corrected chi connectivity index (χ4v) is 2.58. The Bertz CT molecular complexity index is 668. The van der Waals surface area contributed by atoms with Crippen LogP contribution in [0.4, 0.5) is 0 Å². The van der Waals surface area contributed by atoms with E-state index >= 15 is 0 Å². The van der Waals surface area contributed by atoms with E-state index in [4.69, 9.17) is 4.74 Å². The van der Waals surface area contributed by atoms with Gasteiger partial charge in [-0.05, 0) is 42.8 Å². The van der Waals surface area contributed by atoms with Gasteiger partial charge in [-0.25, -0.2) is 0 Å². The van der Waals surface area contributed by atoms with Crippen molar-refractivity contribution in [2.24, 2.45) is 0 Å². The number of rotatable bonds is 7. The molecule has 0 N–H and O–H groups in total. The Balaban J connectivity index is 1.87. The van der Waals surface area contributed by atoms with Gasteiger partial charge in [0.25, 0.3) is 0 Å². The van der Waals surface area contributed by atoms with Crippen LogP contribution in [0.3, 0.4) is 0 Å². The molecule has 0 spiro atoms. The number of aryl methyl sites for hydroxylation is 1. The van der Waals surface area contributed by atoms with E-state index in [2.05, 4.69) is 24.0 Å². The average Bonchev–Trinajstić information content (AvgIpc) is 2.57. The van der Waals surface area contributed by atoms with Gasteiger partial charge in [-0.1, -0.05) is 36.4 Å². The molecule has 0 heterocycles. The number of carbonyl (C=O) groups is 1. The third kappa shape index (κ3) is 5.10. The highest BCUT2D eigenvalue weighted by atomic mass is 16.5. The van der Waals surface area contributed by atoms with Crippen LogP contribution in [0.2, 0.25) is 0 Å². The minimum atomic E-state index is 0.113. The van der Waals surface area contributed by atoms with Crippen LogP contribution in [0.25, 0.3) is 0 Å². The number of amides is 1. The Morgan fingerprint density at radius 3 is 2.29 bits per heavy atom. The number of hydrogen-bond acceptors (Lipinski definition) is 3. The molecule has 2 aromatic carbocycles. The molecule has 0 aliphatic heterocycles. The van der Waals surface area contributed by atoms with Crippen LogP contribution in [0, 0.1) is 6.92 Å². The van der Waals surface area contributed by atoms with Crippen molar-refractivity contribution in [1.29, 1.82) is 0 Å². The monoisotopic (exact) mass is 326 g/mol. The molecule has 0 aromatic heterocycles. The predicted molar refractivity (Wildman–Crippen MR) is 97.0 cm³/mol. The maximum absolute atomic E-state index is 12.4. The van der Waals surface area contributed by atoms with Crippen LogP contribution < -0.4 is 4.74 Å². The molecular weight excluding hydrogens is 300 g/mol. The molecule has 0 saturated carbocycles. The summed E-state index contributed by atoms with van der Waals surface area (Å²) >= 11 is 0. The van der Waals surface area contributed by atoms with Crippen molar-refractivity contribution < 1.29 is 9.53 Å². The maximum atomic E-state index is 12.4. The van der Waals surface area contributed by atoms with Gasteiger partial charge in [-0.3, -0.25) is 9.69 Å². The van der Waals surface area contributed by atoms with Gasteiger partial charge in [0.15, 0.2) is 0 Å². The number of methoxy groups -OCH3 is 1. The van der Waals surface area contributed by atoms with Crippen molar-refractivity contribution in [1.82, 2.24) is 9.80 Å². The van der Waals surface area contributed by atoms with E-state index < -0.39 is 0 Å². The summed E-state index contributed by atoms with van der Waals surface area (Å²) in [6.07, 6.45) is 0. The molecule has 1 amide bonds. The van der Waals surface area contributed by atoms with E-state index in [1.807, 2.05) is 50.5 Å². The largest absolute Gasteiger partial charge is 0.497 e. The third-order valence-electron chi connectivity index (χ3n) is 4.11. The number of ether oxygens (including phenoxy) is 1. The predicted octanol–water partition coefficient (Wildman–Crippen LogP) is 3.09. The molecule has 4 heteroatoms. The molecule has 0 atom stereocenters. The molecule has 128 valence electrons. The van der Waals surface area contributed by atoms with E-state index in [1.165, 1.54) is 11.1 Å². The highest BCUT2D eigenvalue weighted by molar-refractivity contribution is 5.78. The normalized spacial score (nSPS) is 10.7. The van der Waals surface area contributed by atoms with Crippen LogP contribution >= 0.6 is 0 Å². The molecule has 2 aromatic rings. The van der Waals surface area contributed by atoms with E-state index in [-0.39, 0.29) is 5.91 Å². The van der Waals surface area contributed by atoms with E-state index in [9.17, 15) is 4.79 Å². The Kier molecular flexibility index (Phi) is 6.38. The maximum Gasteiger partial charge on any atom is 0.236 e. The third-order valence-corrected chi connectivity index (χ3v) is 4.11. The van der Waals surface area contributed by atoms with Crippen LogP contribution in [0.15, 0.2) is 48.5 Å². The van der Waals surface area contributed by atoms with Crippen molar-refractivity contribution in [2.45, 2.75) is 20.0 Å². The smallest absolute Gasteiger partial charge is 0.236 e. The Labute approximate surface area is 144 Å². The zero-order chi connectivity index (χ0) is 17.5. The van der Waals surface area contributed by atoms with Gasteiger partial charge in [0.2, 0.25) is 5.91 Å². The minimum Gasteiger partial charge on any atom is -0.497 e. The number of carbonyl (C=O) groups excluding carboxylic acids is 1. The van der Waals surface area contributed by atoms with E-state index in [0.717, 1.165) is 17.9 Å². The lowest BCUT2D eigenvalue weighted by Crippen LogP contribution is -2.36. The molecule has 0 unspecified atom stereocenters. The summed E-state index contributed by atoms with van der Waals surface area (Å²) < 4.78 is 5.15. The topological polar surface area (TPSA) is 32.8 Å². The summed E-state index contributed by atoms with van der Waals surface area (Å²) in [5.41, 5.74) is 3.60. The lowest BCUT2D eigenvalue weighted by atomic mass is 10.1. The number of hydrogen-bond donors (Lipinski definition) is 0. The van der Waals surface area contributed by atoms with E-state index in [1.54, 1.807) is 12.0 Å². The molecule has 0 radical (unpaired) electrons. The van der Waals surface area contributed by atoms with Gasteiger partial charge in [-0.2, -0.15) is 0 Å². The van der Waals surface area contributed by atoms with Gasteiger partial charge in [0.05, 0.1) is 13.7 Å². The van der Waals surface area contributed by atoms with Gasteiger partial charge in [0, 0.05) is 20.1 Å². The van der Waals surface area contributed by atoms with Crippen molar-refractivity contribution >= 4 is 5.91 Å². The van der Waals surface area contributed by atoms with Gasteiger partial charge in [0.1, 0.15) is 5.75 Å². The highest BCUT2D eigenvalue weighted by Gasteiger charge is 2.13. The lowest BCUT2D eigenvalue weighted by Gasteiger charge is -2.22. The standard InChI is InChI=1S/C20H26N2O2/c1-16-7-5-6-8-18(16)14-21(2)15-20(23)22(3)13-17-9-11-19(24-4)12-10-17/h5-12H,13-15H2,1-4H3. The SMILES string of the molecule is COc1ccc(CN(C)C(=O)CN(C)Cc2ccccc2C)cc1. The van der Waals surface area contributed by atoms with Crippen molar-refractivity contribution in [2.75, 3.05) is 27.7 Å². The second kappa shape index (κ2) is 8.50. The summed E-state index contributed by atoms with van der Waals surface area (Å²) in [4.78, 5) is 16.2. The first-order valence-electron chi connectivity index (χ1n) is 8.09. The number of benzene rings is 2. The molecular formula is C20H26N2O2. The number of nitrogens with zero attached hydrogens (tertiary/aromatic N) is 2. The second-order valence-corrected chi connectivity index (χ2v) is 6.20. The first-order valence-corrected chi connectivity index (χ1v) is 8.09. The van der Waals surface area contributed by atoms with Gasteiger partial charge >= 0.3 is 0 Å². The fourth-order valence-electron chi connectivity index (χ4n) is 2.58. The molecule has 0 saturated heterocycles. The zero-order valence-corrected chi connectivity index (χ0v) is 15.0. The zero-order valence-electron chi connectivity index (χ0n) is 15.0. The second-order valence-electron chi connectivity index (χ2n) is 6.20. The van der Waals surface area contributed by atoms with Crippen LogP contribution in [-0.2, 0) is 17.9 Å². The first kappa shape index (κ1) is 18.0. The van der Waals surface area contributed by atoms with Gasteiger partial charge < -0.3 is 9.64 Å². The van der Waals surface area contributed by atoms with Crippen LogP contribution in [-0.4, -0.2) is 43.5 Å². The highest BCUT2D eigenvalue weighted by Crippen LogP contribution is 2.13. The summed E-state index contributed by atoms with van der Waals surface area (Å²) in [5, 5.41) is 0. The van der Waals surface area contributed by atoms with Gasteiger partial charge in [-0.15, -0.1) is 0 Å². The molecule has 0 bridgehead atoms. The fraction of sp³-hybridized carbons (Fsp3) is 0.350. The summed E-state index contributed by atoms with van der Waals surface area (Å²) in [6, 6.07) is 16.1. The minimum absolute atomic E-state index is 0.113.